The van der Waals surface area contributed by atoms with Gasteiger partial charge in [0.15, 0.2) is 0 Å². The molecule has 4 nitrogen and oxygen atoms in total. The summed E-state index contributed by atoms with van der Waals surface area (Å²) >= 11 is 0. The molecular weight excluding hydrogens is 266 g/mol. The summed E-state index contributed by atoms with van der Waals surface area (Å²) in [5, 5.41) is 0. The van der Waals surface area contributed by atoms with Crippen LogP contribution in [0.1, 0.15) is 41.2 Å². The Morgan fingerprint density at radius 1 is 1.33 bits per heavy atom. The van der Waals surface area contributed by atoms with Crippen LogP contribution in [0.2, 0.25) is 0 Å². The Balaban J connectivity index is 1.89. The molecule has 0 saturated carbocycles. The summed E-state index contributed by atoms with van der Waals surface area (Å²) < 4.78 is 10.3. The van der Waals surface area contributed by atoms with E-state index in [1.165, 1.54) is 12.5 Å². The van der Waals surface area contributed by atoms with Gasteiger partial charge in [-0.25, -0.2) is 0 Å². The Morgan fingerprint density at radius 2 is 2.24 bits per heavy atom. The van der Waals surface area contributed by atoms with Crippen molar-refractivity contribution in [3.05, 3.63) is 54.0 Å². The maximum absolute atomic E-state index is 12.6. The first-order valence-corrected chi connectivity index (χ1v) is 7.26. The zero-order valence-corrected chi connectivity index (χ0v) is 12.1. The number of hydrogen-bond donors (Lipinski definition) is 0. The van der Waals surface area contributed by atoms with E-state index >= 15 is 0 Å². The van der Waals surface area contributed by atoms with E-state index in [0.717, 1.165) is 37.1 Å². The summed E-state index contributed by atoms with van der Waals surface area (Å²) in [6, 6.07) is 9.81. The molecule has 1 saturated heterocycles. The van der Waals surface area contributed by atoms with Crippen molar-refractivity contribution in [1.29, 1.82) is 0 Å². The molecule has 3 rings (SSSR count). The SMILES string of the molecule is COc1cccc(C2CCCCN2C(=O)c2ccoc2)c1. The van der Waals surface area contributed by atoms with Crippen LogP contribution in [0.4, 0.5) is 0 Å². The average molecular weight is 285 g/mol. The van der Waals surface area contributed by atoms with E-state index in [1.807, 2.05) is 23.1 Å². The van der Waals surface area contributed by atoms with Gasteiger partial charge in [-0.1, -0.05) is 12.1 Å². The number of furan rings is 1. The maximum Gasteiger partial charge on any atom is 0.257 e. The lowest BCUT2D eigenvalue weighted by Gasteiger charge is -2.36. The third-order valence-corrected chi connectivity index (χ3v) is 4.01. The first-order valence-electron chi connectivity index (χ1n) is 7.26. The Bertz CT molecular complexity index is 606. The molecule has 0 aliphatic carbocycles. The van der Waals surface area contributed by atoms with Crippen LogP contribution in [0.15, 0.2) is 47.3 Å². The summed E-state index contributed by atoms with van der Waals surface area (Å²) in [5.74, 6) is 0.866. The molecule has 0 radical (unpaired) electrons. The molecule has 1 amide bonds. The molecule has 4 heteroatoms. The summed E-state index contributed by atoms with van der Waals surface area (Å²) in [5.41, 5.74) is 1.75. The number of carbonyl (C=O) groups excluding carboxylic acids is 1. The van der Waals surface area contributed by atoms with Crippen molar-refractivity contribution in [2.45, 2.75) is 25.3 Å². The van der Waals surface area contributed by atoms with Crippen LogP contribution < -0.4 is 4.74 Å². The number of hydrogen-bond acceptors (Lipinski definition) is 3. The third kappa shape index (κ3) is 2.79. The lowest BCUT2D eigenvalue weighted by atomic mass is 9.94. The second kappa shape index (κ2) is 6.04. The number of carbonyl (C=O) groups is 1. The normalized spacial score (nSPS) is 18.5. The lowest BCUT2D eigenvalue weighted by Crippen LogP contribution is -2.38. The van der Waals surface area contributed by atoms with Crippen molar-refractivity contribution >= 4 is 5.91 Å². The number of nitrogens with zero attached hydrogens (tertiary/aromatic N) is 1. The molecule has 2 heterocycles. The molecule has 2 aromatic rings. The molecular formula is C17H19NO3. The minimum Gasteiger partial charge on any atom is -0.497 e. The summed E-state index contributed by atoms with van der Waals surface area (Å²) in [6.45, 7) is 0.784. The molecule has 1 aliphatic heterocycles. The van der Waals surface area contributed by atoms with Gasteiger partial charge in [0.1, 0.15) is 12.0 Å². The average Bonchev–Trinajstić information content (AvgIpc) is 3.09. The van der Waals surface area contributed by atoms with Crippen LogP contribution in [0.3, 0.4) is 0 Å². The van der Waals surface area contributed by atoms with Gasteiger partial charge in [0.25, 0.3) is 5.91 Å². The number of likely N-dealkylation sites (tertiary alicyclic amines) is 1. The van der Waals surface area contributed by atoms with Gasteiger partial charge in [-0.15, -0.1) is 0 Å². The highest BCUT2D eigenvalue weighted by atomic mass is 16.5. The van der Waals surface area contributed by atoms with E-state index in [2.05, 4.69) is 6.07 Å². The van der Waals surface area contributed by atoms with Crippen molar-refractivity contribution in [3.8, 4) is 5.75 Å². The molecule has 0 N–H and O–H groups in total. The number of ether oxygens (including phenoxy) is 1. The molecule has 1 unspecified atom stereocenters. The van der Waals surface area contributed by atoms with Crippen LogP contribution in [-0.4, -0.2) is 24.5 Å². The zero-order valence-electron chi connectivity index (χ0n) is 12.1. The van der Waals surface area contributed by atoms with E-state index in [-0.39, 0.29) is 11.9 Å². The standard InChI is InChI=1S/C17H19NO3/c1-20-15-6-4-5-13(11-15)16-7-2-3-9-18(16)17(19)14-8-10-21-12-14/h4-6,8,10-12,16H,2-3,7,9H2,1H3. The number of benzene rings is 1. The molecule has 1 aromatic carbocycles. The van der Waals surface area contributed by atoms with E-state index in [1.54, 1.807) is 13.2 Å². The summed E-state index contributed by atoms with van der Waals surface area (Å²) in [4.78, 5) is 14.6. The third-order valence-electron chi connectivity index (χ3n) is 4.01. The first kappa shape index (κ1) is 13.7. The molecule has 21 heavy (non-hydrogen) atoms. The fourth-order valence-corrected chi connectivity index (χ4v) is 2.92. The molecule has 1 aliphatic rings. The summed E-state index contributed by atoms with van der Waals surface area (Å²) in [7, 11) is 1.66. The van der Waals surface area contributed by atoms with Gasteiger partial charge in [-0.3, -0.25) is 4.79 Å². The van der Waals surface area contributed by atoms with Gasteiger partial charge >= 0.3 is 0 Å². The minimum absolute atomic E-state index is 0.0382. The quantitative estimate of drug-likeness (QED) is 0.864. The Hall–Kier alpha value is -2.23. The molecule has 0 bridgehead atoms. The molecule has 1 fully saturated rings. The Labute approximate surface area is 124 Å². The van der Waals surface area contributed by atoms with Crippen molar-refractivity contribution in [2.75, 3.05) is 13.7 Å². The molecule has 1 aromatic heterocycles. The predicted molar refractivity (Wildman–Crippen MR) is 79.3 cm³/mol. The zero-order chi connectivity index (χ0) is 14.7. The predicted octanol–water partition coefficient (Wildman–Crippen LogP) is 3.66. The van der Waals surface area contributed by atoms with Crippen molar-refractivity contribution in [3.63, 3.8) is 0 Å². The first-order chi connectivity index (χ1) is 10.3. The Morgan fingerprint density at radius 3 is 3.00 bits per heavy atom. The van der Waals surface area contributed by atoms with E-state index < -0.39 is 0 Å². The number of methoxy groups -OCH3 is 1. The highest BCUT2D eigenvalue weighted by Crippen LogP contribution is 2.33. The van der Waals surface area contributed by atoms with Crippen molar-refractivity contribution < 1.29 is 13.9 Å². The van der Waals surface area contributed by atoms with Gasteiger partial charge in [0.2, 0.25) is 0 Å². The largest absolute Gasteiger partial charge is 0.497 e. The van der Waals surface area contributed by atoms with Crippen LogP contribution in [-0.2, 0) is 0 Å². The fraction of sp³-hybridized carbons (Fsp3) is 0.353. The smallest absolute Gasteiger partial charge is 0.257 e. The highest BCUT2D eigenvalue weighted by molar-refractivity contribution is 5.94. The topological polar surface area (TPSA) is 42.7 Å². The van der Waals surface area contributed by atoms with Crippen LogP contribution in [0.5, 0.6) is 5.75 Å². The second-order valence-corrected chi connectivity index (χ2v) is 5.30. The van der Waals surface area contributed by atoms with Crippen LogP contribution >= 0.6 is 0 Å². The Kier molecular flexibility index (Phi) is 3.95. The summed E-state index contributed by atoms with van der Waals surface area (Å²) in [6.07, 6.45) is 6.22. The monoisotopic (exact) mass is 285 g/mol. The molecule has 1 atom stereocenters. The number of piperidine rings is 1. The van der Waals surface area contributed by atoms with Crippen molar-refractivity contribution in [2.24, 2.45) is 0 Å². The highest BCUT2D eigenvalue weighted by Gasteiger charge is 2.29. The minimum atomic E-state index is 0.0382. The second-order valence-electron chi connectivity index (χ2n) is 5.30. The van der Waals surface area contributed by atoms with Gasteiger partial charge in [-0.2, -0.15) is 0 Å². The van der Waals surface area contributed by atoms with Crippen molar-refractivity contribution in [1.82, 2.24) is 4.90 Å². The fourth-order valence-electron chi connectivity index (χ4n) is 2.92. The van der Waals surface area contributed by atoms with Gasteiger partial charge in [0, 0.05) is 6.54 Å². The van der Waals surface area contributed by atoms with Crippen LogP contribution in [0, 0.1) is 0 Å². The van der Waals surface area contributed by atoms with E-state index in [0.29, 0.717) is 5.56 Å². The van der Waals surface area contributed by atoms with Gasteiger partial charge in [0.05, 0.1) is 25.0 Å². The van der Waals surface area contributed by atoms with E-state index in [9.17, 15) is 4.79 Å². The number of rotatable bonds is 3. The molecule has 110 valence electrons. The number of amides is 1. The molecule has 0 spiro atoms. The van der Waals surface area contributed by atoms with E-state index in [4.69, 9.17) is 9.15 Å². The van der Waals surface area contributed by atoms with Gasteiger partial charge < -0.3 is 14.1 Å². The van der Waals surface area contributed by atoms with Gasteiger partial charge in [-0.05, 0) is 43.0 Å². The lowest BCUT2D eigenvalue weighted by molar-refractivity contribution is 0.0610. The van der Waals surface area contributed by atoms with Crippen LogP contribution in [0.25, 0.3) is 0 Å². The maximum atomic E-state index is 12.6.